The first-order valence-electron chi connectivity index (χ1n) is 8.70. The van der Waals surface area contributed by atoms with Gasteiger partial charge in [0.25, 0.3) is 0 Å². The fourth-order valence-electron chi connectivity index (χ4n) is 2.48. The third kappa shape index (κ3) is 7.25. The Hall–Kier alpha value is -2.55. The molecule has 3 nitrogen and oxygen atoms in total. The molecule has 0 fully saturated rings. The Bertz CT molecular complexity index is 643. The molecule has 3 heteroatoms. The molecule has 0 saturated carbocycles. The number of benzene rings is 1. The quantitative estimate of drug-likeness (QED) is 0.531. The summed E-state index contributed by atoms with van der Waals surface area (Å²) in [7, 11) is 0. The van der Waals surface area contributed by atoms with Crippen molar-refractivity contribution in [2.45, 2.75) is 39.7 Å². The highest BCUT2D eigenvalue weighted by Gasteiger charge is 2.14. The summed E-state index contributed by atoms with van der Waals surface area (Å²) in [4.78, 5) is 12.2. The Morgan fingerprint density at radius 1 is 1.24 bits per heavy atom. The molecular formula is C22H29NO2. The lowest BCUT2D eigenvalue weighted by Gasteiger charge is -2.18. The maximum atomic E-state index is 12.2. The topological polar surface area (TPSA) is 38.3 Å². The Morgan fingerprint density at radius 3 is 2.60 bits per heavy atom. The van der Waals surface area contributed by atoms with Gasteiger partial charge < -0.3 is 4.74 Å². The number of ether oxygens (including phenoxy) is 1. The van der Waals surface area contributed by atoms with E-state index < -0.39 is 6.09 Å². The van der Waals surface area contributed by atoms with Crippen molar-refractivity contribution in [3.63, 3.8) is 0 Å². The largest absolute Gasteiger partial charge is 0.446 e. The number of para-hydroxylation sites is 1. The molecular weight excluding hydrogens is 310 g/mol. The maximum Gasteiger partial charge on any atom is 0.411 e. The summed E-state index contributed by atoms with van der Waals surface area (Å²) in [5.41, 5.74) is 2.52. The molecule has 0 radical (unpaired) electrons. The molecule has 25 heavy (non-hydrogen) atoms. The number of carbonyl (C=O) groups is 1. The highest BCUT2D eigenvalue weighted by molar-refractivity contribution is 5.92. The zero-order chi connectivity index (χ0) is 18.7. The van der Waals surface area contributed by atoms with E-state index in [-0.39, 0.29) is 6.10 Å². The van der Waals surface area contributed by atoms with Gasteiger partial charge >= 0.3 is 6.09 Å². The van der Waals surface area contributed by atoms with Crippen LogP contribution in [0, 0.1) is 5.92 Å². The molecule has 0 aliphatic carbocycles. The maximum absolute atomic E-state index is 12.2. The summed E-state index contributed by atoms with van der Waals surface area (Å²) >= 11 is 0. The molecule has 2 unspecified atom stereocenters. The summed E-state index contributed by atoms with van der Waals surface area (Å²) in [6.07, 6.45) is 10.4. The van der Waals surface area contributed by atoms with Gasteiger partial charge in [-0.3, -0.25) is 5.32 Å². The van der Waals surface area contributed by atoms with E-state index in [0.29, 0.717) is 11.6 Å². The monoisotopic (exact) mass is 339 g/mol. The van der Waals surface area contributed by atoms with Gasteiger partial charge in [0.15, 0.2) is 0 Å². The molecule has 0 saturated heterocycles. The number of hydrogen-bond acceptors (Lipinski definition) is 2. The van der Waals surface area contributed by atoms with E-state index in [1.54, 1.807) is 12.2 Å². The Morgan fingerprint density at radius 2 is 1.96 bits per heavy atom. The Balaban J connectivity index is 2.90. The minimum absolute atomic E-state index is 0.119. The lowest BCUT2D eigenvalue weighted by atomic mass is 10.0. The molecule has 0 aliphatic heterocycles. The van der Waals surface area contributed by atoms with Gasteiger partial charge in [-0.25, -0.2) is 4.79 Å². The molecule has 0 bridgehead atoms. The predicted molar refractivity (Wildman–Crippen MR) is 108 cm³/mol. The smallest absolute Gasteiger partial charge is 0.411 e. The second-order valence-corrected chi connectivity index (χ2v) is 6.09. The Kier molecular flexibility index (Phi) is 9.09. The van der Waals surface area contributed by atoms with Gasteiger partial charge in [-0.2, -0.15) is 0 Å². The number of nitrogens with one attached hydrogen (secondary N) is 1. The van der Waals surface area contributed by atoms with E-state index in [1.165, 1.54) is 0 Å². The number of carbonyl (C=O) groups excluding carboxylic acids is 1. The van der Waals surface area contributed by atoms with Gasteiger partial charge in [-0.05, 0) is 30.9 Å². The molecule has 0 aromatic heterocycles. The SMILES string of the molecule is C=C/C=C\C(=C/C=C)c1ccccc1NC(=O)OC(C)CC(C)CC. The van der Waals surface area contributed by atoms with Crippen molar-refractivity contribution in [2.75, 3.05) is 5.32 Å². The number of anilines is 1. The summed E-state index contributed by atoms with van der Waals surface area (Å²) in [6.45, 7) is 13.7. The van der Waals surface area contributed by atoms with E-state index in [1.807, 2.05) is 49.4 Å². The number of rotatable bonds is 9. The second kappa shape index (κ2) is 11.1. The van der Waals surface area contributed by atoms with Crippen LogP contribution in [0.3, 0.4) is 0 Å². The van der Waals surface area contributed by atoms with Crippen LogP contribution in [-0.2, 0) is 4.74 Å². The van der Waals surface area contributed by atoms with Crippen molar-refractivity contribution >= 4 is 17.4 Å². The van der Waals surface area contributed by atoms with Crippen molar-refractivity contribution in [3.8, 4) is 0 Å². The van der Waals surface area contributed by atoms with Crippen LogP contribution < -0.4 is 5.32 Å². The number of amides is 1. The highest BCUT2D eigenvalue weighted by atomic mass is 16.6. The zero-order valence-corrected chi connectivity index (χ0v) is 15.5. The first-order valence-corrected chi connectivity index (χ1v) is 8.70. The van der Waals surface area contributed by atoms with Crippen LogP contribution in [-0.4, -0.2) is 12.2 Å². The molecule has 0 aliphatic rings. The van der Waals surface area contributed by atoms with Crippen LogP contribution in [0.15, 0.2) is 67.8 Å². The highest BCUT2D eigenvalue weighted by Crippen LogP contribution is 2.25. The van der Waals surface area contributed by atoms with Gasteiger partial charge in [-0.15, -0.1) is 0 Å². The lowest BCUT2D eigenvalue weighted by Crippen LogP contribution is -2.22. The first kappa shape index (κ1) is 20.5. The molecule has 2 atom stereocenters. The third-order valence-electron chi connectivity index (χ3n) is 3.92. The normalized spacial score (nSPS) is 14.0. The lowest BCUT2D eigenvalue weighted by molar-refractivity contribution is 0.106. The summed E-state index contributed by atoms with van der Waals surface area (Å²) in [5, 5.41) is 2.85. The average Bonchev–Trinajstić information content (AvgIpc) is 2.58. The molecule has 0 heterocycles. The van der Waals surface area contributed by atoms with Crippen molar-refractivity contribution in [1.82, 2.24) is 0 Å². The van der Waals surface area contributed by atoms with E-state index in [0.717, 1.165) is 24.0 Å². The standard InChI is InChI=1S/C22H29NO2/c1-6-9-13-19(12-7-2)20-14-10-11-15-21(20)23-22(24)25-18(5)16-17(4)8-3/h6-7,9-15,17-18H,1-2,8,16H2,3-5H3,(H,23,24)/b13-9-,19-12+. The van der Waals surface area contributed by atoms with Gasteiger partial charge in [0.2, 0.25) is 0 Å². The average molecular weight is 339 g/mol. The van der Waals surface area contributed by atoms with Crippen molar-refractivity contribution in [3.05, 3.63) is 73.4 Å². The van der Waals surface area contributed by atoms with Gasteiger partial charge in [0.1, 0.15) is 6.10 Å². The van der Waals surface area contributed by atoms with E-state index in [2.05, 4.69) is 32.3 Å². The fourth-order valence-corrected chi connectivity index (χ4v) is 2.48. The summed E-state index contributed by atoms with van der Waals surface area (Å²) in [5.74, 6) is 0.529. The predicted octanol–water partition coefficient (Wildman–Crippen LogP) is 6.37. The van der Waals surface area contributed by atoms with E-state index >= 15 is 0 Å². The first-order chi connectivity index (χ1) is 12.0. The van der Waals surface area contributed by atoms with E-state index in [4.69, 9.17) is 4.74 Å². The summed E-state index contributed by atoms with van der Waals surface area (Å²) < 4.78 is 5.48. The zero-order valence-electron chi connectivity index (χ0n) is 15.5. The van der Waals surface area contributed by atoms with Crippen LogP contribution in [0.1, 0.15) is 39.2 Å². The second-order valence-electron chi connectivity index (χ2n) is 6.09. The summed E-state index contributed by atoms with van der Waals surface area (Å²) in [6, 6.07) is 7.61. The number of hydrogen-bond donors (Lipinski definition) is 1. The molecule has 1 N–H and O–H groups in total. The Labute approximate surface area is 151 Å². The van der Waals surface area contributed by atoms with Crippen molar-refractivity contribution < 1.29 is 9.53 Å². The van der Waals surface area contributed by atoms with Crippen LogP contribution >= 0.6 is 0 Å². The van der Waals surface area contributed by atoms with Crippen molar-refractivity contribution in [2.24, 2.45) is 5.92 Å². The number of allylic oxidation sites excluding steroid dienone is 6. The molecule has 1 rings (SSSR count). The van der Waals surface area contributed by atoms with Crippen LogP contribution in [0.5, 0.6) is 0 Å². The molecule has 1 aromatic carbocycles. The van der Waals surface area contributed by atoms with Gasteiger partial charge in [0.05, 0.1) is 5.69 Å². The van der Waals surface area contributed by atoms with Crippen molar-refractivity contribution in [1.29, 1.82) is 0 Å². The van der Waals surface area contributed by atoms with Crippen LogP contribution in [0.2, 0.25) is 0 Å². The van der Waals surface area contributed by atoms with Gasteiger partial charge in [0, 0.05) is 5.56 Å². The van der Waals surface area contributed by atoms with Gasteiger partial charge in [-0.1, -0.05) is 82.0 Å². The van der Waals surface area contributed by atoms with E-state index in [9.17, 15) is 4.79 Å². The third-order valence-corrected chi connectivity index (χ3v) is 3.92. The molecule has 1 amide bonds. The van der Waals surface area contributed by atoms with Crippen LogP contribution in [0.25, 0.3) is 5.57 Å². The molecule has 0 spiro atoms. The molecule has 1 aromatic rings. The fraction of sp³-hybridized carbons (Fsp3) is 0.318. The minimum atomic E-state index is -0.436. The molecule has 134 valence electrons. The minimum Gasteiger partial charge on any atom is -0.446 e. The van der Waals surface area contributed by atoms with Crippen LogP contribution in [0.4, 0.5) is 10.5 Å².